The maximum absolute atomic E-state index is 13.8. The molecule has 1 aliphatic carbocycles. The number of piperidine rings is 1. The molecular formula is C34H32F3N3O5. The van der Waals surface area contributed by atoms with Crippen LogP contribution in [0, 0.1) is 5.92 Å². The zero-order valence-electron chi connectivity index (χ0n) is 24.4. The number of fused-ring (bicyclic) bond motifs is 1. The zero-order chi connectivity index (χ0) is 31.1. The fraction of sp³-hybridized carbons (Fsp3) is 0.382. The lowest BCUT2D eigenvalue weighted by molar-refractivity contribution is -0.137. The summed E-state index contributed by atoms with van der Waals surface area (Å²) in [6.07, 6.45) is 3.67. The van der Waals surface area contributed by atoms with Gasteiger partial charge in [-0.25, -0.2) is 9.78 Å². The third kappa shape index (κ3) is 6.13. The van der Waals surface area contributed by atoms with Crippen LogP contribution in [0.5, 0.6) is 5.75 Å². The molecule has 2 aliphatic heterocycles. The number of anilines is 1. The lowest BCUT2D eigenvalue weighted by Crippen LogP contribution is -2.33. The minimum Gasteiger partial charge on any atom is -0.487 e. The van der Waals surface area contributed by atoms with E-state index in [2.05, 4.69) is 21.1 Å². The molecule has 7 rings (SSSR count). The van der Waals surface area contributed by atoms with Crippen molar-refractivity contribution >= 4 is 28.6 Å². The summed E-state index contributed by atoms with van der Waals surface area (Å²) in [7, 11) is 0. The van der Waals surface area contributed by atoms with Crippen molar-refractivity contribution in [2.75, 3.05) is 31.2 Å². The number of aromatic carboxylic acids is 1. The predicted molar refractivity (Wildman–Crippen MR) is 161 cm³/mol. The molecule has 3 aliphatic rings. The average molecular weight is 620 g/mol. The van der Waals surface area contributed by atoms with Crippen molar-refractivity contribution in [2.45, 2.75) is 50.3 Å². The van der Waals surface area contributed by atoms with E-state index >= 15 is 0 Å². The van der Waals surface area contributed by atoms with Gasteiger partial charge in [-0.05, 0) is 55.9 Å². The fourth-order valence-corrected chi connectivity index (χ4v) is 6.20. The molecule has 0 amide bonds. The highest BCUT2D eigenvalue weighted by Crippen LogP contribution is 2.46. The molecule has 8 nitrogen and oxygen atoms in total. The van der Waals surface area contributed by atoms with Crippen molar-refractivity contribution in [3.8, 4) is 17.0 Å². The molecule has 1 atom stereocenters. The average Bonchev–Trinajstić information content (AvgIpc) is 3.58. The first-order valence-corrected chi connectivity index (χ1v) is 15.3. The molecule has 4 aromatic rings. The van der Waals surface area contributed by atoms with Crippen LogP contribution in [0.15, 0.2) is 59.1 Å². The second-order valence-electron chi connectivity index (χ2n) is 11.9. The number of alkyl halides is 3. The van der Waals surface area contributed by atoms with Crippen molar-refractivity contribution in [1.29, 1.82) is 0 Å². The third-order valence-electron chi connectivity index (χ3n) is 8.79. The number of carboxylic acids is 1. The lowest BCUT2D eigenvalue weighted by atomic mass is 9.93. The van der Waals surface area contributed by atoms with E-state index in [0.29, 0.717) is 35.8 Å². The van der Waals surface area contributed by atoms with Crippen LogP contribution in [0.25, 0.3) is 28.2 Å². The quantitative estimate of drug-likeness (QED) is 0.216. The van der Waals surface area contributed by atoms with Crippen LogP contribution in [0.3, 0.4) is 0 Å². The number of benzene rings is 2. The van der Waals surface area contributed by atoms with Gasteiger partial charge in [-0.1, -0.05) is 35.5 Å². The number of ether oxygens (including phenoxy) is 2. The van der Waals surface area contributed by atoms with E-state index in [1.54, 1.807) is 6.07 Å². The van der Waals surface area contributed by atoms with Gasteiger partial charge in [0.2, 0.25) is 0 Å². The van der Waals surface area contributed by atoms with Gasteiger partial charge in [0.25, 0.3) is 0 Å². The van der Waals surface area contributed by atoms with Gasteiger partial charge in [0.15, 0.2) is 5.69 Å². The van der Waals surface area contributed by atoms with Gasteiger partial charge in [0, 0.05) is 53.7 Å². The van der Waals surface area contributed by atoms with E-state index in [0.717, 1.165) is 62.3 Å². The Balaban J connectivity index is 1.10. The Bertz CT molecular complexity index is 1750. The molecule has 45 heavy (non-hydrogen) atoms. The van der Waals surface area contributed by atoms with Gasteiger partial charge >= 0.3 is 12.1 Å². The number of carbonyl (C=O) groups is 1. The Morgan fingerprint density at radius 3 is 2.56 bits per heavy atom. The molecule has 1 N–H and O–H groups in total. The van der Waals surface area contributed by atoms with Crippen LogP contribution in [0.4, 0.5) is 18.9 Å². The van der Waals surface area contributed by atoms with Crippen molar-refractivity contribution in [1.82, 2.24) is 10.1 Å². The predicted octanol–water partition coefficient (Wildman–Crippen LogP) is 7.58. The van der Waals surface area contributed by atoms with Crippen LogP contribution in [0.1, 0.15) is 65.4 Å². The van der Waals surface area contributed by atoms with Gasteiger partial charge < -0.3 is 24.0 Å². The smallest absolute Gasteiger partial charge is 0.417 e. The maximum Gasteiger partial charge on any atom is 0.417 e. The van der Waals surface area contributed by atoms with Gasteiger partial charge in [0.1, 0.15) is 23.3 Å². The number of rotatable bonds is 8. The Hall–Kier alpha value is -4.38. The molecule has 0 unspecified atom stereocenters. The second kappa shape index (κ2) is 11.8. The molecule has 2 saturated heterocycles. The van der Waals surface area contributed by atoms with E-state index < -0.39 is 17.7 Å². The standard InChI is InChI=1S/C34H32F3N3O5/c35-34(36,37)27-4-2-1-3-24(27)31-25(32(45-39-31)21-6-7-21)9-5-20-11-14-40(15-12-20)22-8-10-28-26(17-22)30(18-29(38-28)33(41)42)44-23-13-16-43-19-23/h1-5,8-10,17-18,20-21,23H,6-7,11-16,19H2,(H,41,42)/b9-5+/t23-/m1/s1. The topological polar surface area (TPSA) is 97.9 Å². The summed E-state index contributed by atoms with van der Waals surface area (Å²) in [5, 5.41) is 14.4. The molecule has 1 saturated carbocycles. The van der Waals surface area contributed by atoms with Crippen LogP contribution < -0.4 is 9.64 Å². The molecule has 234 valence electrons. The molecule has 11 heteroatoms. The van der Waals surface area contributed by atoms with Gasteiger partial charge in [0.05, 0.1) is 24.3 Å². The highest BCUT2D eigenvalue weighted by molar-refractivity contribution is 5.94. The van der Waals surface area contributed by atoms with Gasteiger partial charge in [-0.15, -0.1) is 0 Å². The van der Waals surface area contributed by atoms with Crippen LogP contribution >= 0.6 is 0 Å². The summed E-state index contributed by atoms with van der Waals surface area (Å²) in [6.45, 7) is 2.61. The Morgan fingerprint density at radius 2 is 1.84 bits per heavy atom. The highest BCUT2D eigenvalue weighted by Gasteiger charge is 2.37. The summed E-state index contributed by atoms with van der Waals surface area (Å²) < 4.78 is 58.7. The first-order valence-electron chi connectivity index (χ1n) is 15.3. The highest BCUT2D eigenvalue weighted by atomic mass is 19.4. The number of hydrogen-bond donors (Lipinski definition) is 1. The van der Waals surface area contributed by atoms with Crippen LogP contribution in [0.2, 0.25) is 0 Å². The molecule has 3 fully saturated rings. The largest absolute Gasteiger partial charge is 0.487 e. The molecule has 0 radical (unpaired) electrons. The summed E-state index contributed by atoms with van der Waals surface area (Å²) in [6, 6.07) is 12.8. The number of nitrogens with zero attached hydrogens (tertiary/aromatic N) is 3. The molecular weight excluding hydrogens is 587 g/mol. The first kappa shape index (κ1) is 29.3. The number of aromatic nitrogens is 2. The van der Waals surface area contributed by atoms with Crippen molar-refractivity contribution in [3.05, 3.63) is 77.2 Å². The number of pyridine rings is 1. The van der Waals surface area contributed by atoms with E-state index in [4.69, 9.17) is 14.0 Å². The normalized spacial score (nSPS) is 19.5. The fourth-order valence-electron chi connectivity index (χ4n) is 6.20. The summed E-state index contributed by atoms with van der Waals surface area (Å²) in [4.78, 5) is 18.3. The minimum atomic E-state index is -4.50. The Morgan fingerprint density at radius 1 is 1.04 bits per heavy atom. The van der Waals surface area contributed by atoms with Crippen LogP contribution in [-0.4, -0.2) is 53.6 Å². The third-order valence-corrected chi connectivity index (χ3v) is 8.79. The van der Waals surface area contributed by atoms with E-state index in [-0.39, 0.29) is 34.9 Å². The van der Waals surface area contributed by atoms with Gasteiger partial charge in [-0.3, -0.25) is 0 Å². The lowest BCUT2D eigenvalue weighted by Gasteiger charge is -2.32. The van der Waals surface area contributed by atoms with E-state index in [1.165, 1.54) is 18.2 Å². The maximum atomic E-state index is 13.8. The molecule has 0 bridgehead atoms. The monoisotopic (exact) mass is 619 g/mol. The summed E-state index contributed by atoms with van der Waals surface area (Å²) >= 11 is 0. The van der Waals surface area contributed by atoms with Crippen molar-refractivity contribution in [3.63, 3.8) is 0 Å². The van der Waals surface area contributed by atoms with Crippen molar-refractivity contribution < 1.29 is 37.1 Å². The van der Waals surface area contributed by atoms with E-state index in [9.17, 15) is 23.1 Å². The number of halogens is 3. The Kier molecular flexibility index (Phi) is 7.72. The molecule has 0 spiro atoms. The number of allylic oxidation sites excluding steroid dienone is 1. The number of hydrogen-bond acceptors (Lipinski definition) is 7. The second-order valence-corrected chi connectivity index (χ2v) is 11.9. The number of carboxylic acid groups (broad SMARTS) is 1. The molecule has 2 aromatic carbocycles. The van der Waals surface area contributed by atoms with E-state index in [1.807, 2.05) is 24.3 Å². The first-order chi connectivity index (χ1) is 21.7. The Labute approximate surface area is 257 Å². The zero-order valence-corrected chi connectivity index (χ0v) is 24.4. The minimum absolute atomic E-state index is 0.0280. The van der Waals surface area contributed by atoms with Gasteiger partial charge in [-0.2, -0.15) is 13.2 Å². The van der Waals surface area contributed by atoms with Crippen LogP contribution in [-0.2, 0) is 10.9 Å². The summed E-state index contributed by atoms with van der Waals surface area (Å²) in [5.41, 5.74) is 1.64. The SMILES string of the molecule is O=C(O)c1cc(O[C@@H]2CCOC2)c2cc(N3CCC(/C=C/c4c(-c5ccccc5C(F)(F)F)noc4C4CC4)CC3)ccc2n1. The summed E-state index contributed by atoms with van der Waals surface area (Å²) in [5.74, 6) is 0.449. The molecule has 2 aromatic heterocycles. The van der Waals surface area contributed by atoms with Crippen molar-refractivity contribution in [2.24, 2.45) is 5.92 Å². The molecule has 4 heterocycles.